The predicted molar refractivity (Wildman–Crippen MR) is 65.1 cm³/mol. The minimum absolute atomic E-state index is 0.0449. The fraction of sp³-hybridized carbons (Fsp3) is 0.182. The van der Waals surface area contributed by atoms with Gasteiger partial charge in [-0.3, -0.25) is 0 Å². The molecule has 0 unspecified atom stereocenters. The van der Waals surface area contributed by atoms with Gasteiger partial charge < -0.3 is 10.1 Å². The first-order valence-corrected chi connectivity index (χ1v) is 5.49. The largest absolute Gasteiger partial charge is 0.467 e. The van der Waals surface area contributed by atoms with Gasteiger partial charge in [-0.1, -0.05) is 12.1 Å². The van der Waals surface area contributed by atoms with Gasteiger partial charge in [0.1, 0.15) is 5.82 Å². The van der Waals surface area contributed by atoms with Gasteiger partial charge in [0.05, 0.1) is 7.11 Å². The van der Waals surface area contributed by atoms with Crippen LogP contribution in [0.2, 0.25) is 5.28 Å². The summed E-state index contributed by atoms with van der Waals surface area (Å²) in [7, 11) is 1.44. The molecule has 1 aromatic heterocycles. The van der Waals surface area contributed by atoms with Gasteiger partial charge in [-0.25, -0.2) is 4.39 Å². The summed E-state index contributed by atoms with van der Waals surface area (Å²) in [5.74, 6) is 0.0276. The number of nitrogens with zero attached hydrogens (tertiary/aromatic N) is 3. The van der Waals surface area contributed by atoms with E-state index < -0.39 is 0 Å². The third-order valence-electron chi connectivity index (χ3n) is 2.13. The molecule has 0 aliphatic rings. The first-order chi connectivity index (χ1) is 8.67. The van der Waals surface area contributed by atoms with Crippen molar-refractivity contribution in [3.63, 3.8) is 0 Å². The molecule has 7 heteroatoms. The smallest absolute Gasteiger partial charge is 0.322 e. The molecule has 2 aromatic rings. The molecule has 0 bridgehead atoms. The Morgan fingerprint density at radius 2 is 1.94 bits per heavy atom. The van der Waals surface area contributed by atoms with Crippen LogP contribution in [0.1, 0.15) is 5.56 Å². The van der Waals surface area contributed by atoms with Crippen LogP contribution >= 0.6 is 11.6 Å². The number of rotatable bonds is 4. The zero-order chi connectivity index (χ0) is 13.0. The highest BCUT2D eigenvalue weighted by Crippen LogP contribution is 2.12. The van der Waals surface area contributed by atoms with Crippen LogP contribution in [0.5, 0.6) is 6.01 Å². The molecule has 18 heavy (non-hydrogen) atoms. The first-order valence-electron chi connectivity index (χ1n) is 5.11. The number of hydrogen-bond acceptors (Lipinski definition) is 5. The number of ether oxygens (including phenoxy) is 1. The minimum atomic E-state index is -0.274. The zero-order valence-corrected chi connectivity index (χ0v) is 10.3. The molecule has 0 atom stereocenters. The molecule has 1 heterocycles. The van der Waals surface area contributed by atoms with Gasteiger partial charge in [-0.2, -0.15) is 15.0 Å². The SMILES string of the molecule is COc1nc(Cl)nc(NCc2ccc(F)cc2)n1. The molecular weight excluding hydrogens is 259 g/mol. The summed E-state index contributed by atoms with van der Waals surface area (Å²) in [5, 5.41) is 2.99. The normalized spacial score (nSPS) is 10.2. The Hall–Kier alpha value is -1.95. The van der Waals surface area contributed by atoms with Crippen molar-refractivity contribution in [3.05, 3.63) is 40.9 Å². The zero-order valence-electron chi connectivity index (χ0n) is 9.52. The van der Waals surface area contributed by atoms with E-state index in [4.69, 9.17) is 16.3 Å². The van der Waals surface area contributed by atoms with Gasteiger partial charge in [0.2, 0.25) is 11.2 Å². The molecular formula is C11H10ClFN4O. The molecule has 2 rings (SSSR count). The fourth-order valence-corrected chi connectivity index (χ4v) is 1.44. The van der Waals surface area contributed by atoms with Crippen molar-refractivity contribution in [2.75, 3.05) is 12.4 Å². The Labute approximate surface area is 108 Å². The van der Waals surface area contributed by atoms with Crippen molar-refractivity contribution in [2.45, 2.75) is 6.54 Å². The topological polar surface area (TPSA) is 59.9 Å². The number of hydrogen-bond donors (Lipinski definition) is 1. The lowest BCUT2D eigenvalue weighted by atomic mass is 10.2. The molecule has 0 radical (unpaired) electrons. The van der Waals surface area contributed by atoms with Crippen molar-refractivity contribution >= 4 is 17.5 Å². The van der Waals surface area contributed by atoms with Crippen molar-refractivity contribution in [1.29, 1.82) is 0 Å². The van der Waals surface area contributed by atoms with Gasteiger partial charge >= 0.3 is 6.01 Å². The van der Waals surface area contributed by atoms with Crippen LogP contribution in [0, 0.1) is 5.82 Å². The Morgan fingerprint density at radius 1 is 1.22 bits per heavy atom. The molecule has 5 nitrogen and oxygen atoms in total. The van der Waals surface area contributed by atoms with Crippen molar-refractivity contribution < 1.29 is 9.13 Å². The van der Waals surface area contributed by atoms with Gasteiger partial charge in [-0.15, -0.1) is 0 Å². The first kappa shape index (κ1) is 12.5. The summed E-state index contributed by atoms with van der Waals surface area (Å²) in [6.45, 7) is 0.448. The van der Waals surface area contributed by atoms with E-state index >= 15 is 0 Å². The molecule has 0 fully saturated rings. The lowest BCUT2D eigenvalue weighted by molar-refractivity contribution is 0.379. The van der Waals surface area contributed by atoms with Crippen LogP contribution in [-0.4, -0.2) is 22.1 Å². The van der Waals surface area contributed by atoms with Crippen LogP contribution in [0.25, 0.3) is 0 Å². The maximum Gasteiger partial charge on any atom is 0.322 e. The molecule has 94 valence electrons. The summed E-state index contributed by atoms with van der Waals surface area (Å²) in [5.41, 5.74) is 0.895. The maximum atomic E-state index is 12.7. The highest BCUT2D eigenvalue weighted by molar-refractivity contribution is 6.28. The van der Waals surface area contributed by atoms with E-state index in [0.29, 0.717) is 12.5 Å². The van der Waals surface area contributed by atoms with E-state index in [2.05, 4.69) is 20.3 Å². The van der Waals surface area contributed by atoms with Crippen LogP contribution in [0.3, 0.4) is 0 Å². The Kier molecular flexibility index (Phi) is 3.88. The van der Waals surface area contributed by atoms with Crippen LogP contribution in [0.15, 0.2) is 24.3 Å². The van der Waals surface area contributed by atoms with Gasteiger partial charge in [0, 0.05) is 6.54 Å². The second-order valence-electron chi connectivity index (χ2n) is 3.39. The molecule has 0 amide bonds. The summed E-state index contributed by atoms with van der Waals surface area (Å²) in [6, 6.07) is 6.25. The van der Waals surface area contributed by atoms with Crippen molar-refractivity contribution in [1.82, 2.24) is 15.0 Å². The average molecular weight is 269 g/mol. The molecule has 0 saturated heterocycles. The Morgan fingerprint density at radius 3 is 2.61 bits per heavy atom. The average Bonchev–Trinajstić information content (AvgIpc) is 2.37. The third kappa shape index (κ3) is 3.27. The Bertz CT molecular complexity index is 535. The molecule has 0 saturated carbocycles. The molecule has 0 aliphatic carbocycles. The number of aromatic nitrogens is 3. The second kappa shape index (κ2) is 5.59. The molecule has 1 aromatic carbocycles. The molecule has 1 N–H and O–H groups in total. The highest BCUT2D eigenvalue weighted by atomic mass is 35.5. The van der Waals surface area contributed by atoms with Crippen LogP contribution < -0.4 is 10.1 Å². The van der Waals surface area contributed by atoms with E-state index in [9.17, 15) is 4.39 Å². The van der Waals surface area contributed by atoms with E-state index in [1.807, 2.05) is 0 Å². The minimum Gasteiger partial charge on any atom is -0.467 e. The van der Waals surface area contributed by atoms with Gasteiger partial charge in [0.15, 0.2) is 0 Å². The lowest BCUT2D eigenvalue weighted by Gasteiger charge is -2.06. The molecule has 0 spiro atoms. The standard InChI is InChI=1S/C11H10ClFN4O/c1-18-11-16-9(12)15-10(17-11)14-6-7-2-4-8(13)5-3-7/h2-5H,6H2,1H3,(H,14,15,16,17). The van der Waals surface area contributed by atoms with Gasteiger partial charge in [-0.05, 0) is 29.3 Å². The predicted octanol–water partition coefficient (Wildman–Crippen LogP) is 2.28. The summed E-state index contributed by atoms with van der Waals surface area (Å²) in [4.78, 5) is 11.6. The van der Waals surface area contributed by atoms with Gasteiger partial charge in [0.25, 0.3) is 0 Å². The number of benzene rings is 1. The monoisotopic (exact) mass is 268 g/mol. The van der Waals surface area contributed by atoms with Crippen LogP contribution in [0.4, 0.5) is 10.3 Å². The van der Waals surface area contributed by atoms with E-state index in [1.54, 1.807) is 12.1 Å². The van der Waals surface area contributed by atoms with E-state index in [-0.39, 0.29) is 17.1 Å². The summed E-state index contributed by atoms with van der Waals surface area (Å²) >= 11 is 5.70. The highest BCUT2D eigenvalue weighted by Gasteiger charge is 2.04. The van der Waals surface area contributed by atoms with Crippen molar-refractivity contribution in [2.24, 2.45) is 0 Å². The fourth-order valence-electron chi connectivity index (χ4n) is 1.29. The lowest BCUT2D eigenvalue weighted by Crippen LogP contribution is -2.06. The number of halogens is 2. The third-order valence-corrected chi connectivity index (χ3v) is 2.30. The maximum absolute atomic E-state index is 12.7. The van der Waals surface area contributed by atoms with E-state index in [0.717, 1.165) is 5.56 Å². The van der Waals surface area contributed by atoms with E-state index in [1.165, 1.54) is 19.2 Å². The number of anilines is 1. The quantitative estimate of drug-likeness (QED) is 0.922. The molecule has 0 aliphatic heterocycles. The summed E-state index contributed by atoms with van der Waals surface area (Å²) < 4.78 is 17.6. The van der Waals surface area contributed by atoms with Crippen LogP contribution in [-0.2, 0) is 6.54 Å². The number of methoxy groups -OCH3 is 1. The van der Waals surface area contributed by atoms with Crippen molar-refractivity contribution in [3.8, 4) is 6.01 Å². The summed E-state index contributed by atoms with van der Waals surface area (Å²) in [6.07, 6.45) is 0. The second-order valence-corrected chi connectivity index (χ2v) is 3.73. The number of nitrogens with one attached hydrogen (secondary N) is 1. The Balaban J connectivity index is 2.05.